The SMILES string of the molecule is O=C(OOS(=O)(=O)c1ccccc1)c1ccccc1. The van der Waals surface area contributed by atoms with E-state index in [2.05, 4.69) is 9.22 Å². The summed E-state index contributed by atoms with van der Waals surface area (Å²) in [5.74, 6) is -0.875. The molecule has 2 aromatic rings. The van der Waals surface area contributed by atoms with E-state index < -0.39 is 16.1 Å². The minimum absolute atomic E-state index is 0.0872. The second-order valence-electron chi connectivity index (χ2n) is 3.57. The number of hydrogen-bond donors (Lipinski definition) is 0. The van der Waals surface area contributed by atoms with Crippen LogP contribution in [0.4, 0.5) is 0 Å². The Morgan fingerprint density at radius 2 is 1.37 bits per heavy atom. The van der Waals surface area contributed by atoms with Crippen molar-refractivity contribution in [2.24, 2.45) is 0 Å². The van der Waals surface area contributed by atoms with E-state index in [0.717, 1.165) is 0 Å². The number of carbonyl (C=O) groups is 1. The van der Waals surface area contributed by atoms with Crippen LogP contribution >= 0.6 is 0 Å². The maximum atomic E-state index is 11.7. The topological polar surface area (TPSA) is 69.7 Å². The van der Waals surface area contributed by atoms with E-state index in [1.165, 1.54) is 36.4 Å². The van der Waals surface area contributed by atoms with Crippen LogP contribution in [0.2, 0.25) is 0 Å². The lowest BCUT2D eigenvalue weighted by molar-refractivity contribution is -0.144. The summed E-state index contributed by atoms with van der Waals surface area (Å²) >= 11 is 0. The summed E-state index contributed by atoms with van der Waals surface area (Å²) in [4.78, 5) is 15.7. The minimum atomic E-state index is -4.11. The molecule has 6 heteroatoms. The van der Waals surface area contributed by atoms with E-state index in [-0.39, 0.29) is 10.5 Å². The van der Waals surface area contributed by atoms with Crippen LogP contribution in [-0.4, -0.2) is 14.4 Å². The van der Waals surface area contributed by atoms with Crippen LogP contribution in [0.15, 0.2) is 65.6 Å². The van der Waals surface area contributed by atoms with Crippen molar-refractivity contribution in [1.29, 1.82) is 0 Å². The maximum Gasteiger partial charge on any atom is 0.374 e. The summed E-state index contributed by atoms with van der Waals surface area (Å²) in [5, 5.41) is 0. The lowest BCUT2D eigenvalue weighted by atomic mass is 10.2. The zero-order valence-corrected chi connectivity index (χ0v) is 10.5. The molecule has 0 heterocycles. The van der Waals surface area contributed by atoms with E-state index in [1.807, 2.05) is 0 Å². The van der Waals surface area contributed by atoms with Crippen LogP contribution in [0.1, 0.15) is 10.4 Å². The van der Waals surface area contributed by atoms with Gasteiger partial charge in [-0.05, 0) is 28.6 Å². The molecule has 2 rings (SSSR count). The smallest absolute Gasteiger partial charge is 0.276 e. The Kier molecular flexibility index (Phi) is 3.94. The van der Waals surface area contributed by atoms with Gasteiger partial charge in [0.25, 0.3) is 0 Å². The maximum absolute atomic E-state index is 11.7. The van der Waals surface area contributed by atoms with Gasteiger partial charge in [0.1, 0.15) is 0 Å². The molecule has 0 bridgehead atoms. The van der Waals surface area contributed by atoms with Gasteiger partial charge in [-0.15, -0.1) is 0 Å². The highest BCUT2D eigenvalue weighted by atomic mass is 32.2. The van der Waals surface area contributed by atoms with Crippen molar-refractivity contribution < 1.29 is 22.4 Å². The summed E-state index contributed by atoms with van der Waals surface area (Å²) in [6.07, 6.45) is 0. The highest BCUT2D eigenvalue weighted by molar-refractivity contribution is 7.86. The molecule has 5 nitrogen and oxygen atoms in total. The van der Waals surface area contributed by atoms with Crippen molar-refractivity contribution in [3.8, 4) is 0 Å². The van der Waals surface area contributed by atoms with Crippen molar-refractivity contribution in [2.45, 2.75) is 4.90 Å². The molecule has 0 atom stereocenters. The molecule has 0 radical (unpaired) electrons. The fourth-order valence-corrected chi connectivity index (χ4v) is 2.04. The molecule has 2 aromatic carbocycles. The zero-order chi connectivity index (χ0) is 13.7. The first-order valence-electron chi connectivity index (χ1n) is 5.35. The second kappa shape index (κ2) is 5.64. The van der Waals surface area contributed by atoms with Crippen molar-refractivity contribution in [3.05, 3.63) is 66.2 Å². The van der Waals surface area contributed by atoms with E-state index in [4.69, 9.17) is 0 Å². The lowest BCUT2D eigenvalue weighted by Crippen LogP contribution is -2.12. The molecule has 0 aliphatic heterocycles. The molecule has 0 unspecified atom stereocenters. The van der Waals surface area contributed by atoms with Crippen LogP contribution in [0.25, 0.3) is 0 Å². The molecular formula is C13H10O5S. The van der Waals surface area contributed by atoms with Crippen LogP contribution in [0, 0.1) is 0 Å². The largest absolute Gasteiger partial charge is 0.374 e. The first-order valence-corrected chi connectivity index (χ1v) is 6.76. The second-order valence-corrected chi connectivity index (χ2v) is 5.09. The first-order chi connectivity index (χ1) is 9.09. The lowest BCUT2D eigenvalue weighted by Gasteiger charge is -2.04. The quantitative estimate of drug-likeness (QED) is 0.633. The van der Waals surface area contributed by atoms with Gasteiger partial charge < -0.3 is 0 Å². The molecule has 98 valence electrons. The minimum Gasteiger partial charge on any atom is -0.276 e. The summed E-state index contributed by atoms with van der Waals surface area (Å²) in [6, 6.07) is 15.4. The van der Waals surface area contributed by atoms with E-state index in [0.29, 0.717) is 0 Å². The van der Waals surface area contributed by atoms with E-state index >= 15 is 0 Å². The average Bonchev–Trinajstić information content (AvgIpc) is 2.47. The summed E-state index contributed by atoms with van der Waals surface area (Å²) in [5.41, 5.74) is 0.200. The summed E-state index contributed by atoms with van der Waals surface area (Å²) in [7, 11) is -4.11. The number of rotatable bonds is 4. The highest BCUT2D eigenvalue weighted by Crippen LogP contribution is 2.12. The van der Waals surface area contributed by atoms with Gasteiger partial charge in [0, 0.05) is 0 Å². The van der Waals surface area contributed by atoms with Gasteiger partial charge in [0.15, 0.2) is 0 Å². The molecule has 0 amide bonds. The summed E-state index contributed by atoms with van der Waals surface area (Å²) in [6.45, 7) is 0. The number of carbonyl (C=O) groups excluding carboxylic acids is 1. The molecule has 0 aliphatic rings. The average molecular weight is 278 g/mol. The van der Waals surface area contributed by atoms with Crippen LogP contribution in [0.3, 0.4) is 0 Å². The van der Waals surface area contributed by atoms with Gasteiger partial charge in [-0.1, -0.05) is 36.4 Å². The third-order valence-electron chi connectivity index (χ3n) is 2.24. The Labute approximate surface area is 110 Å². The Morgan fingerprint density at radius 3 is 1.95 bits per heavy atom. The fraction of sp³-hybridized carbons (Fsp3) is 0. The van der Waals surface area contributed by atoms with Crippen molar-refractivity contribution in [3.63, 3.8) is 0 Å². The normalized spacial score (nSPS) is 10.9. The van der Waals surface area contributed by atoms with Crippen molar-refractivity contribution in [2.75, 3.05) is 0 Å². The molecular weight excluding hydrogens is 268 g/mol. The van der Waals surface area contributed by atoms with Gasteiger partial charge in [0.05, 0.1) is 10.5 Å². The Hall–Kier alpha value is -2.18. The standard InChI is InChI=1S/C13H10O5S/c14-13(11-7-3-1-4-8-11)17-18-19(15,16)12-9-5-2-6-10-12/h1-10H. The highest BCUT2D eigenvalue weighted by Gasteiger charge is 2.19. The Bertz CT molecular complexity index is 650. The molecule has 0 N–H and O–H groups in total. The van der Waals surface area contributed by atoms with Gasteiger partial charge in [-0.2, -0.15) is 8.42 Å². The van der Waals surface area contributed by atoms with Gasteiger partial charge in [-0.25, -0.2) is 4.79 Å². The van der Waals surface area contributed by atoms with E-state index in [1.54, 1.807) is 24.3 Å². The van der Waals surface area contributed by atoms with Crippen molar-refractivity contribution >= 4 is 16.1 Å². The molecule has 0 saturated carbocycles. The van der Waals surface area contributed by atoms with Crippen LogP contribution in [-0.2, 0) is 19.3 Å². The zero-order valence-electron chi connectivity index (χ0n) is 9.72. The summed E-state index contributed by atoms with van der Waals surface area (Å²) < 4.78 is 27.6. The predicted octanol–water partition coefficient (Wildman–Crippen LogP) is 2.16. The predicted molar refractivity (Wildman–Crippen MR) is 66.6 cm³/mol. The number of hydrogen-bond acceptors (Lipinski definition) is 5. The molecule has 0 spiro atoms. The van der Waals surface area contributed by atoms with E-state index in [9.17, 15) is 13.2 Å². The fourth-order valence-electron chi connectivity index (χ4n) is 1.32. The Morgan fingerprint density at radius 1 is 0.842 bits per heavy atom. The monoisotopic (exact) mass is 278 g/mol. The Balaban J connectivity index is 2.05. The third kappa shape index (κ3) is 3.40. The van der Waals surface area contributed by atoms with Crippen LogP contribution in [0.5, 0.6) is 0 Å². The van der Waals surface area contributed by atoms with Gasteiger partial charge in [-0.3, -0.25) is 4.89 Å². The van der Waals surface area contributed by atoms with Gasteiger partial charge in [0.2, 0.25) is 0 Å². The molecule has 0 aliphatic carbocycles. The molecule has 19 heavy (non-hydrogen) atoms. The molecule has 0 saturated heterocycles. The molecule has 0 fully saturated rings. The van der Waals surface area contributed by atoms with Crippen molar-refractivity contribution in [1.82, 2.24) is 0 Å². The molecule has 0 aromatic heterocycles. The first kappa shape index (κ1) is 13.3. The van der Waals surface area contributed by atoms with Crippen LogP contribution < -0.4 is 0 Å². The number of benzene rings is 2. The van der Waals surface area contributed by atoms with Gasteiger partial charge >= 0.3 is 16.1 Å². The third-order valence-corrected chi connectivity index (χ3v) is 3.34.